The van der Waals surface area contributed by atoms with Crippen LogP contribution in [0.3, 0.4) is 0 Å². The van der Waals surface area contributed by atoms with Gasteiger partial charge in [-0.25, -0.2) is 0 Å². The van der Waals surface area contributed by atoms with Gasteiger partial charge in [0.25, 0.3) is 11.1 Å². The number of imide groups is 1. The molecule has 150 valence electrons. The quantitative estimate of drug-likeness (QED) is 0.587. The molecular formula is C21H18Cl2N2O3S. The number of hydrogen-bond acceptors (Lipinski definition) is 4. The number of carbonyl (C=O) groups is 3. The topological polar surface area (TPSA) is 66.5 Å². The van der Waals surface area contributed by atoms with Crippen molar-refractivity contribution in [2.24, 2.45) is 0 Å². The first-order chi connectivity index (χ1) is 13.8. The first-order valence-electron chi connectivity index (χ1n) is 8.85. The third-order valence-electron chi connectivity index (χ3n) is 4.30. The molecule has 0 bridgehead atoms. The minimum Gasteiger partial charge on any atom is -0.325 e. The van der Waals surface area contributed by atoms with E-state index in [4.69, 9.17) is 23.2 Å². The number of nitrogens with one attached hydrogen (secondary N) is 1. The van der Waals surface area contributed by atoms with Gasteiger partial charge in [0.15, 0.2) is 0 Å². The van der Waals surface area contributed by atoms with Crippen LogP contribution in [0.25, 0.3) is 6.08 Å². The zero-order valence-electron chi connectivity index (χ0n) is 15.7. The van der Waals surface area contributed by atoms with Crippen molar-refractivity contribution in [2.45, 2.75) is 19.8 Å². The highest BCUT2D eigenvalue weighted by Gasteiger charge is 2.36. The molecule has 1 heterocycles. The van der Waals surface area contributed by atoms with Gasteiger partial charge in [0.2, 0.25) is 5.91 Å². The molecule has 8 heteroatoms. The Morgan fingerprint density at radius 3 is 2.48 bits per heavy atom. The number of halogens is 2. The van der Waals surface area contributed by atoms with Crippen molar-refractivity contribution in [2.75, 3.05) is 11.9 Å². The summed E-state index contributed by atoms with van der Waals surface area (Å²) >= 11 is 12.9. The number of nitrogens with zero attached hydrogens (tertiary/aromatic N) is 1. The fourth-order valence-electron chi connectivity index (χ4n) is 2.70. The van der Waals surface area contributed by atoms with E-state index < -0.39 is 17.1 Å². The maximum Gasteiger partial charge on any atom is 0.294 e. The van der Waals surface area contributed by atoms with Crippen molar-refractivity contribution in [3.8, 4) is 0 Å². The largest absolute Gasteiger partial charge is 0.325 e. The molecule has 0 aromatic heterocycles. The van der Waals surface area contributed by atoms with Gasteiger partial charge in [0.1, 0.15) is 6.54 Å². The van der Waals surface area contributed by atoms with Crippen LogP contribution < -0.4 is 5.32 Å². The Bertz CT molecular complexity index is 1000. The van der Waals surface area contributed by atoms with Gasteiger partial charge in [-0.3, -0.25) is 19.3 Å². The Hall–Kier alpha value is -2.28. The second kappa shape index (κ2) is 9.03. The van der Waals surface area contributed by atoms with Gasteiger partial charge in [-0.15, -0.1) is 0 Å². The Morgan fingerprint density at radius 1 is 1.14 bits per heavy atom. The summed E-state index contributed by atoms with van der Waals surface area (Å²) in [7, 11) is 0. The number of anilines is 1. The van der Waals surface area contributed by atoms with Gasteiger partial charge >= 0.3 is 0 Å². The summed E-state index contributed by atoms with van der Waals surface area (Å²) in [5, 5.41) is 2.84. The van der Waals surface area contributed by atoms with Crippen LogP contribution in [-0.2, 0) is 9.59 Å². The number of rotatable bonds is 5. The van der Waals surface area contributed by atoms with E-state index >= 15 is 0 Å². The van der Waals surface area contributed by atoms with Gasteiger partial charge in [-0.2, -0.15) is 0 Å². The summed E-state index contributed by atoms with van der Waals surface area (Å²) in [6.07, 6.45) is 1.50. The second-order valence-electron chi connectivity index (χ2n) is 6.74. The zero-order chi connectivity index (χ0) is 21.1. The molecular weight excluding hydrogens is 431 g/mol. The van der Waals surface area contributed by atoms with Gasteiger partial charge < -0.3 is 5.32 Å². The standard InChI is InChI=1S/C21H18Cl2N2O3S/c1-12(2)13-6-8-15(9-7-13)24-18(26)11-25-20(27)17(29-21(25)28)10-14-4-3-5-16(22)19(14)23/h3-10,12H,11H2,1-2H3,(H,24,26). The van der Waals surface area contributed by atoms with Crippen LogP contribution in [0.15, 0.2) is 47.4 Å². The summed E-state index contributed by atoms with van der Waals surface area (Å²) in [5.41, 5.74) is 2.28. The third kappa shape index (κ3) is 5.01. The number of amides is 3. The first kappa shape index (κ1) is 21.4. The summed E-state index contributed by atoms with van der Waals surface area (Å²) in [6, 6.07) is 12.5. The Kier molecular flexibility index (Phi) is 6.67. The molecule has 2 aromatic carbocycles. The zero-order valence-corrected chi connectivity index (χ0v) is 18.1. The molecule has 0 spiro atoms. The van der Waals surface area contributed by atoms with Crippen LogP contribution in [0.1, 0.15) is 30.9 Å². The summed E-state index contributed by atoms with van der Waals surface area (Å²) < 4.78 is 0. The average Bonchev–Trinajstić information content (AvgIpc) is 2.93. The lowest BCUT2D eigenvalue weighted by molar-refractivity contribution is -0.127. The number of hydrogen-bond donors (Lipinski definition) is 1. The van der Waals surface area contributed by atoms with Crippen LogP contribution in [0.5, 0.6) is 0 Å². The van der Waals surface area contributed by atoms with E-state index in [0.717, 1.165) is 22.2 Å². The minimum atomic E-state index is -0.540. The number of thioether (sulfide) groups is 1. The smallest absolute Gasteiger partial charge is 0.294 e. The minimum absolute atomic E-state index is 0.188. The van der Waals surface area contributed by atoms with Crippen molar-refractivity contribution in [1.82, 2.24) is 4.90 Å². The predicted molar refractivity (Wildman–Crippen MR) is 118 cm³/mol. The molecule has 0 saturated carbocycles. The van der Waals surface area contributed by atoms with E-state index in [1.807, 2.05) is 12.1 Å². The van der Waals surface area contributed by atoms with Gasteiger partial charge in [0, 0.05) is 5.69 Å². The molecule has 5 nitrogen and oxygen atoms in total. The molecule has 0 aliphatic carbocycles. The molecule has 1 N–H and O–H groups in total. The van der Waals surface area contributed by atoms with Crippen LogP contribution in [0.2, 0.25) is 10.0 Å². The highest BCUT2D eigenvalue weighted by Crippen LogP contribution is 2.35. The van der Waals surface area contributed by atoms with Crippen LogP contribution >= 0.6 is 35.0 Å². The van der Waals surface area contributed by atoms with Gasteiger partial charge in [-0.05, 0) is 53.1 Å². The van der Waals surface area contributed by atoms with E-state index in [9.17, 15) is 14.4 Å². The lowest BCUT2D eigenvalue weighted by atomic mass is 10.0. The van der Waals surface area contributed by atoms with Crippen LogP contribution in [-0.4, -0.2) is 28.5 Å². The molecule has 1 aliphatic rings. The summed E-state index contributed by atoms with van der Waals surface area (Å²) in [5.74, 6) is -0.609. The summed E-state index contributed by atoms with van der Waals surface area (Å²) in [4.78, 5) is 38.2. The maximum atomic E-state index is 12.6. The van der Waals surface area contributed by atoms with Crippen molar-refractivity contribution >= 4 is 63.8 Å². The van der Waals surface area contributed by atoms with E-state index in [2.05, 4.69) is 19.2 Å². The van der Waals surface area contributed by atoms with E-state index in [-0.39, 0.29) is 11.4 Å². The first-order valence-corrected chi connectivity index (χ1v) is 10.4. The molecule has 2 aromatic rings. The van der Waals surface area contributed by atoms with E-state index in [1.54, 1.807) is 30.3 Å². The lowest BCUT2D eigenvalue weighted by Crippen LogP contribution is -2.36. The average molecular weight is 449 g/mol. The van der Waals surface area contributed by atoms with Crippen molar-refractivity contribution < 1.29 is 14.4 Å². The molecule has 1 aliphatic heterocycles. The molecule has 29 heavy (non-hydrogen) atoms. The van der Waals surface area contributed by atoms with Gasteiger partial charge in [-0.1, -0.05) is 61.3 Å². The van der Waals surface area contributed by atoms with Crippen LogP contribution in [0, 0.1) is 0 Å². The fourth-order valence-corrected chi connectivity index (χ4v) is 3.90. The molecule has 0 radical (unpaired) electrons. The number of carbonyl (C=O) groups excluding carboxylic acids is 3. The second-order valence-corrected chi connectivity index (χ2v) is 8.51. The molecule has 3 rings (SSSR count). The maximum absolute atomic E-state index is 12.6. The third-order valence-corrected chi connectivity index (χ3v) is 6.05. The Labute approximate surface area is 183 Å². The molecule has 0 unspecified atom stereocenters. The highest BCUT2D eigenvalue weighted by molar-refractivity contribution is 8.18. The van der Waals surface area contributed by atoms with Crippen molar-refractivity contribution in [1.29, 1.82) is 0 Å². The van der Waals surface area contributed by atoms with Gasteiger partial charge in [0.05, 0.1) is 15.0 Å². The van der Waals surface area contributed by atoms with Crippen LogP contribution in [0.4, 0.5) is 10.5 Å². The summed E-state index contributed by atoms with van der Waals surface area (Å²) in [6.45, 7) is 3.80. The molecule has 1 fully saturated rings. The fraction of sp³-hybridized carbons (Fsp3) is 0.190. The SMILES string of the molecule is CC(C)c1ccc(NC(=O)CN2C(=O)SC(=Cc3cccc(Cl)c3Cl)C2=O)cc1. The normalized spacial score (nSPS) is 15.5. The monoisotopic (exact) mass is 448 g/mol. The van der Waals surface area contributed by atoms with E-state index in [1.165, 1.54) is 6.08 Å². The van der Waals surface area contributed by atoms with Crippen molar-refractivity contribution in [3.05, 3.63) is 68.5 Å². The lowest BCUT2D eigenvalue weighted by Gasteiger charge is -2.13. The number of benzene rings is 2. The molecule has 0 atom stereocenters. The Balaban J connectivity index is 1.69. The molecule has 3 amide bonds. The molecule has 1 saturated heterocycles. The van der Waals surface area contributed by atoms with E-state index in [0.29, 0.717) is 27.2 Å². The highest BCUT2D eigenvalue weighted by atomic mass is 35.5. The van der Waals surface area contributed by atoms with Crippen molar-refractivity contribution in [3.63, 3.8) is 0 Å². The Morgan fingerprint density at radius 2 is 1.83 bits per heavy atom. The predicted octanol–water partition coefficient (Wildman–Crippen LogP) is 5.79.